The van der Waals surface area contributed by atoms with Crippen LogP contribution in [0.5, 0.6) is 0 Å². The van der Waals surface area contributed by atoms with Crippen molar-refractivity contribution in [3.05, 3.63) is 23.3 Å². The van der Waals surface area contributed by atoms with Crippen molar-refractivity contribution in [3.8, 4) is 0 Å². The lowest BCUT2D eigenvalue weighted by Crippen LogP contribution is -2.33. The van der Waals surface area contributed by atoms with Crippen molar-refractivity contribution < 1.29 is 8.78 Å². The molecule has 0 nitrogen and oxygen atoms in total. The van der Waals surface area contributed by atoms with E-state index in [1.807, 2.05) is 13.8 Å². The van der Waals surface area contributed by atoms with Gasteiger partial charge in [-0.3, -0.25) is 0 Å². The normalized spacial score (nSPS) is 31.7. The summed E-state index contributed by atoms with van der Waals surface area (Å²) in [6, 6.07) is 0. The molecular formula is C20H32F2. The SMILES string of the molecule is CC1CC=C(C(C)C(F)C(F)C(C)C2=CCC(C)CC2)CC1. The van der Waals surface area contributed by atoms with Crippen LogP contribution in [-0.2, 0) is 0 Å². The van der Waals surface area contributed by atoms with Crippen LogP contribution in [0.1, 0.15) is 66.2 Å². The van der Waals surface area contributed by atoms with Crippen LogP contribution in [0, 0.1) is 23.7 Å². The zero-order valence-electron chi connectivity index (χ0n) is 14.6. The molecule has 0 amide bonds. The Kier molecular flexibility index (Phi) is 6.23. The van der Waals surface area contributed by atoms with Gasteiger partial charge in [0.25, 0.3) is 0 Å². The molecule has 0 aromatic carbocycles. The maximum absolute atomic E-state index is 14.7. The Bertz CT molecular complexity index is 383. The quantitative estimate of drug-likeness (QED) is 0.513. The van der Waals surface area contributed by atoms with E-state index in [0.29, 0.717) is 11.8 Å². The monoisotopic (exact) mass is 310 g/mol. The molecule has 6 unspecified atom stereocenters. The number of rotatable bonds is 5. The van der Waals surface area contributed by atoms with Crippen molar-refractivity contribution >= 4 is 0 Å². The molecular weight excluding hydrogens is 278 g/mol. The Morgan fingerprint density at radius 2 is 1.18 bits per heavy atom. The molecule has 2 aliphatic carbocycles. The van der Waals surface area contributed by atoms with Gasteiger partial charge in [-0.05, 0) is 50.4 Å². The zero-order chi connectivity index (χ0) is 16.3. The van der Waals surface area contributed by atoms with Crippen LogP contribution in [-0.4, -0.2) is 12.3 Å². The van der Waals surface area contributed by atoms with Gasteiger partial charge in [0.05, 0.1) is 0 Å². The van der Waals surface area contributed by atoms with Crippen molar-refractivity contribution in [1.82, 2.24) is 0 Å². The van der Waals surface area contributed by atoms with E-state index in [0.717, 1.165) is 49.7 Å². The van der Waals surface area contributed by atoms with E-state index in [2.05, 4.69) is 26.0 Å². The molecule has 2 heteroatoms. The Hall–Kier alpha value is -0.660. The third kappa shape index (κ3) is 4.20. The largest absolute Gasteiger partial charge is 0.244 e. The smallest absolute Gasteiger partial charge is 0.138 e. The highest BCUT2D eigenvalue weighted by Crippen LogP contribution is 2.37. The summed E-state index contributed by atoms with van der Waals surface area (Å²) in [5, 5.41) is 0. The Morgan fingerprint density at radius 1 is 0.818 bits per heavy atom. The molecule has 0 heterocycles. The van der Waals surface area contributed by atoms with Crippen molar-refractivity contribution in [2.45, 2.75) is 78.6 Å². The van der Waals surface area contributed by atoms with Gasteiger partial charge in [-0.25, -0.2) is 8.78 Å². The predicted molar refractivity (Wildman–Crippen MR) is 90.3 cm³/mol. The zero-order valence-corrected chi connectivity index (χ0v) is 14.6. The molecule has 0 saturated heterocycles. The minimum Gasteiger partial charge on any atom is -0.244 e. The number of hydrogen-bond donors (Lipinski definition) is 0. The van der Waals surface area contributed by atoms with Crippen LogP contribution >= 0.6 is 0 Å². The molecule has 0 saturated carbocycles. The minimum atomic E-state index is -1.38. The van der Waals surface area contributed by atoms with Crippen LogP contribution < -0.4 is 0 Å². The molecule has 0 aromatic rings. The average Bonchev–Trinajstić information content (AvgIpc) is 2.53. The lowest BCUT2D eigenvalue weighted by molar-refractivity contribution is 0.0967. The van der Waals surface area contributed by atoms with E-state index in [1.165, 1.54) is 0 Å². The summed E-state index contributed by atoms with van der Waals surface area (Å²) in [6.07, 6.45) is 7.67. The molecule has 2 rings (SSSR count). The van der Waals surface area contributed by atoms with Gasteiger partial charge in [0, 0.05) is 11.8 Å². The third-order valence-electron chi connectivity index (χ3n) is 5.85. The Morgan fingerprint density at radius 3 is 1.45 bits per heavy atom. The summed E-state index contributed by atoms with van der Waals surface area (Å²) in [4.78, 5) is 0. The maximum atomic E-state index is 14.7. The topological polar surface area (TPSA) is 0 Å². The fourth-order valence-corrected chi connectivity index (χ4v) is 3.76. The first kappa shape index (κ1) is 17.7. The molecule has 0 aromatic heterocycles. The number of allylic oxidation sites excluding steroid dienone is 4. The van der Waals surface area contributed by atoms with Crippen molar-refractivity contribution in [1.29, 1.82) is 0 Å². The maximum Gasteiger partial charge on any atom is 0.138 e. The first-order chi connectivity index (χ1) is 10.4. The first-order valence-electron chi connectivity index (χ1n) is 9.06. The molecule has 0 bridgehead atoms. The van der Waals surface area contributed by atoms with Gasteiger partial charge < -0.3 is 0 Å². The number of hydrogen-bond acceptors (Lipinski definition) is 0. The summed E-state index contributed by atoms with van der Waals surface area (Å²) >= 11 is 0. The van der Waals surface area contributed by atoms with Gasteiger partial charge in [0.1, 0.15) is 12.3 Å². The third-order valence-corrected chi connectivity index (χ3v) is 5.85. The Balaban J connectivity index is 1.97. The van der Waals surface area contributed by atoms with Crippen molar-refractivity contribution in [2.75, 3.05) is 0 Å². The van der Waals surface area contributed by atoms with Crippen LogP contribution in [0.25, 0.3) is 0 Å². The minimum absolute atomic E-state index is 0.284. The first-order valence-corrected chi connectivity index (χ1v) is 9.06. The van der Waals surface area contributed by atoms with Gasteiger partial charge in [-0.15, -0.1) is 0 Å². The van der Waals surface area contributed by atoms with E-state index < -0.39 is 12.3 Å². The highest BCUT2D eigenvalue weighted by molar-refractivity contribution is 5.15. The fraction of sp³-hybridized carbons (Fsp3) is 0.800. The van der Waals surface area contributed by atoms with Gasteiger partial charge >= 0.3 is 0 Å². The highest BCUT2D eigenvalue weighted by Gasteiger charge is 2.35. The van der Waals surface area contributed by atoms with E-state index in [9.17, 15) is 8.78 Å². The molecule has 0 fully saturated rings. The molecule has 0 aliphatic heterocycles. The summed E-state index contributed by atoms with van der Waals surface area (Å²) in [6.45, 7) is 8.18. The van der Waals surface area contributed by atoms with Crippen LogP contribution in [0.2, 0.25) is 0 Å². The summed E-state index contributed by atoms with van der Waals surface area (Å²) < 4.78 is 29.4. The van der Waals surface area contributed by atoms with Gasteiger partial charge in [-0.2, -0.15) is 0 Å². The molecule has 0 N–H and O–H groups in total. The molecule has 0 radical (unpaired) electrons. The average molecular weight is 310 g/mol. The number of alkyl halides is 2. The highest BCUT2D eigenvalue weighted by atomic mass is 19.2. The van der Waals surface area contributed by atoms with Crippen molar-refractivity contribution in [3.63, 3.8) is 0 Å². The van der Waals surface area contributed by atoms with E-state index in [4.69, 9.17) is 0 Å². The van der Waals surface area contributed by atoms with E-state index >= 15 is 0 Å². The second-order valence-electron chi connectivity index (χ2n) is 7.78. The number of halogens is 2. The van der Waals surface area contributed by atoms with E-state index in [-0.39, 0.29) is 11.8 Å². The van der Waals surface area contributed by atoms with Gasteiger partial charge in [-0.1, -0.05) is 51.0 Å². The summed E-state index contributed by atoms with van der Waals surface area (Å²) in [5.41, 5.74) is 2.26. The van der Waals surface area contributed by atoms with Gasteiger partial charge in [0.15, 0.2) is 0 Å². The van der Waals surface area contributed by atoms with E-state index in [1.54, 1.807) is 0 Å². The second-order valence-corrected chi connectivity index (χ2v) is 7.78. The summed E-state index contributed by atoms with van der Waals surface area (Å²) in [7, 11) is 0. The lowest BCUT2D eigenvalue weighted by Gasteiger charge is -2.31. The molecule has 2 aliphatic rings. The Labute approximate surface area is 135 Å². The molecule has 6 atom stereocenters. The van der Waals surface area contributed by atoms with Crippen molar-refractivity contribution in [2.24, 2.45) is 23.7 Å². The lowest BCUT2D eigenvalue weighted by atomic mass is 9.78. The molecule has 126 valence electrons. The second kappa shape index (κ2) is 7.75. The summed E-state index contributed by atoms with van der Waals surface area (Å²) in [5.74, 6) is 0.799. The molecule has 0 spiro atoms. The predicted octanol–water partition coefficient (Wildman–Crippen LogP) is 6.43. The van der Waals surface area contributed by atoms with Crippen LogP contribution in [0.3, 0.4) is 0 Å². The molecule has 22 heavy (non-hydrogen) atoms. The standard InChI is InChI=1S/C20H32F2/c1-13-5-9-17(10-6-13)15(3)19(21)20(22)16(4)18-11-7-14(2)8-12-18/h9,11,13-16,19-20H,5-8,10,12H2,1-4H3. The van der Waals surface area contributed by atoms with Gasteiger partial charge in [0.2, 0.25) is 0 Å². The fourth-order valence-electron chi connectivity index (χ4n) is 3.76. The van der Waals surface area contributed by atoms with Crippen LogP contribution in [0.15, 0.2) is 23.3 Å². The van der Waals surface area contributed by atoms with Crippen LogP contribution in [0.4, 0.5) is 8.78 Å².